The van der Waals surface area contributed by atoms with Gasteiger partial charge in [-0.25, -0.2) is 9.68 Å². The average Bonchev–Trinajstić information content (AvgIpc) is 2.77. The van der Waals surface area contributed by atoms with E-state index in [-0.39, 0.29) is 29.4 Å². The Morgan fingerprint density at radius 1 is 1.18 bits per heavy atom. The number of ketones is 1. The molecule has 0 fully saturated rings. The van der Waals surface area contributed by atoms with Crippen LogP contribution in [-0.2, 0) is 18.8 Å². The summed E-state index contributed by atoms with van der Waals surface area (Å²) < 4.78 is 16.0. The van der Waals surface area contributed by atoms with Crippen molar-refractivity contribution in [1.82, 2.24) is 0 Å². The van der Waals surface area contributed by atoms with Gasteiger partial charge in [0.1, 0.15) is 23.2 Å². The van der Waals surface area contributed by atoms with E-state index in [1.54, 1.807) is 38.1 Å². The molecular weight excluding hydrogens is 448 g/mol. The second kappa shape index (κ2) is 13.4. The van der Waals surface area contributed by atoms with Gasteiger partial charge in [0.05, 0.1) is 19.8 Å². The molecule has 8 nitrogen and oxygen atoms in total. The van der Waals surface area contributed by atoms with E-state index in [4.69, 9.17) is 13.8 Å². The molecule has 182 valence electrons. The molecular formula is C24H32O8S. The van der Waals surface area contributed by atoms with E-state index in [9.17, 15) is 19.8 Å². The van der Waals surface area contributed by atoms with Crippen LogP contribution in [-0.4, -0.2) is 53.6 Å². The predicted octanol–water partition coefficient (Wildman–Crippen LogP) is 4.11. The van der Waals surface area contributed by atoms with Crippen LogP contribution in [0.25, 0.3) is 6.08 Å². The number of hydrogen-bond acceptors (Lipinski definition) is 9. The van der Waals surface area contributed by atoms with Crippen molar-refractivity contribution < 1.29 is 38.5 Å². The minimum Gasteiger partial charge on any atom is -0.507 e. The lowest BCUT2D eigenvalue weighted by molar-refractivity contribution is -0.160. The molecule has 1 heterocycles. The number of rotatable bonds is 7. The smallest absolute Gasteiger partial charge is 0.342 e. The molecule has 0 saturated heterocycles. The number of phenols is 1. The Hall–Kier alpha value is -2.33. The first-order chi connectivity index (χ1) is 15.7. The van der Waals surface area contributed by atoms with Crippen LogP contribution in [0.5, 0.6) is 11.5 Å². The first kappa shape index (κ1) is 26.9. The van der Waals surface area contributed by atoms with E-state index in [2.05, 4.69) is 4.89 Å². The van der Waals surface area contributed by atoms with Crippen molar-refractivity contribution >= 4 is 29.9 Å². The number of aliphatic hydroxyl groups excluding tert-OH is 1. The maximum Gasteiger partial charge on any atom is 0.342 e. The molecule has 0 aromatic heterocycles. The van der Waals surface area contributed by atoms with Gasteiger partial charge in [-0.2, -0.15) is 4.33 Å². The second-order valence-corrected chi connectivity index (χ2v) is 8.67. The summed E-state index contributed by atoms with van der Waals surface area (Å²) in [5, 5.41) is 21.0. The Labute approximate surface area is 198 Å². The lowest BCUT2D eigenvalue weighted by Crippen LogP contribution is -2.25. The van der Waals surface area contributed by atoms with Crippen LogP contribution < -0.4 is 4.74 Å². The van der Waals surface area contributed by atoms with Crippen molar-refractivity contribution in [3.05, 3.63) is 41.5 Å². The van der Waals surface area contributed by atoms with E-state index in [0.29, 0.717) is 30.1 Å². The molecule has 0 aliphatic carbocycles. The van der Waals surface area contributed by atoms with Gasteiger partial charge in [0.15, 0.2) is 5.78 Å². The van der Waals surface area contributed by atoms with Gasteiger partial charge >= 0.3 is 5.97 Å². The summed E-state index contributed by atoms with van der Waals surface area (Å²) in [7, 11) is 1.43. The van der Waals surface area contributed by atoms with Crippen molar-refractivity contribution in [2.45, 2.75) is 45.8 Å². The maximum atomic E-state index is 12.9. The zero-order valence-corrected chi connectivity index (χ0v) is 20.2. The minimum atomic E-state index is -0.885. The lowest BCUT2D eigenvalue weighted by Gasteiger charge is -2.20. The highest BCUT2D eigenvalue weighted by Gasteiger charge is 2.24. The number of carbonyl (C=O) groups is 2. The summed E-state index contributed by atoms with van der Waals surface area (Å²) in [5.74, 6) is -0.930. The first-order valence-corrected chi connectivity index (χ1v) is 11.7. The third-order valence-corrected chi connectivity index (χ3v) is 6.07. The standard InChI is InChI=1S/C24H32O8S/c1-15-9-10-21(26)16(2)20(25)8-5-7-18-13-19(30-11-6-12-33-32-29-4)14-22(27)23(18)24(28)31-17(15)3/h5,7,9-10,13-17,20,25,27H,6,8,11-12H2,1-4H3/b7-5+,10-9-/t15-,16?,17+,20+/m1/s1. The number of aliphatic hydroxyl groups is 1. The van der Waals surface area contributed by atoms with Crippen LogP contribution >= 0.6 is 12.0 Å². The Morgan fingerprint density at radius 2 is 1.94 bits per heavy atom. The number of phenolic OH excluding ortho intramolecular Hbond substituents is 1. The number of benzene rings is 1. The molecule has 0 radical (unpaired) electrons. The Kier molecular flexibility index (Phi) is 10.9. The van der Waals surface area contributed by atoms with Crippen LogP contribution in [0.15, 0.2) is 30.4 Å². The predicted molar refractivity (Wildman–Crippen MR) is 126 cm³/mol. The number of ether oxygens (including phenoxy) is 2. The second-order valence-electron chi connectivity index (χ2n) is 7.89. The van der Waals surface area contributed by atoms with Crippen molar-refractivity contribution in [3.8, 4) is 11.5 Å². The molecule has 1 aliphatic rings. The summed E-state index contributed by atoms with van der Waals surface area (Å²) in [6, 6.07) is 3.01. The Bertz CT molecular complexity index is 866. The SMILES string of the molecule is COOSCCCOc1cc(O)c2c(c1)/C=C/C[C@H](O)C(C)C(=O)/C=C\[C@@H](C)[C@H](C)OC2=O. The molecule has 33 heavy (non-hydrogen) atoms. The number of carbonyl (C=O) groups excluding carboxylic acids is 2. The molecule has 1 aromatic rings. The van der Waals surface area contributed by atoms with Crippen LogP contribution in [0, 0.1) is 11.8 Å². The van der Waals surface area contributed by atoms with Crippen LogP contribution in [0.3, 0.4) is 0 Å². The molecule has 0 spiro atoms. The van der Waals surface area contributed by atoms with E-state index in [1.807, 2.05) is 6.92 Å². The fraction of sp³-hybridized carbons (Fsp3) is 0.500. The fourth-order valence-electron chi connectivity index (χ4n) is 3.07. The van der Waals surface area contributed by atoms with Gasteiger partial charge in [0.25, 0.3) is 0 Å². The van der Waals surface area contributed by atoms with Crippen LogP contribution in [0.2, 0.25) is 0 Å². The number of allylic oxidation sites excluding steroid dienone is 1. The Morgan fingerprint density at radius 3 is 2.67 bits per heavy atom. The van der Waals surface area contributed by atoms with E-state index >= 15 is 0 Å². The molecule has 0 bridgehead atoms. The average molecular weight is 481 g/mol. The highest BCUT2D eigenvalue weighted by atomic mass is 32.2. The van der Waals surface area contributed by atoms with E-state index < -0.39 is 24.1 Å². The van der Waals surface area contributed by atoms with Crippen molar-refractivity contribution in [3.63, 3.8) is 0 Å². The van der Waals surface area contributed by atoms with Crippen molar-refractivity contribution in [2.24, 2.45) is 11.8 Å². The van der Waals surface area contributed by atoms with Gasteiger partial charge in [-0.1, -0.05) is 32.1 Å². The molecule has 4 atom stereocenters. The summed E-state index contributed by atoms with van der Waals surface area (Å²) in [5.41, 5.74) is 0.409. The number of fused-ring (bicyclic) bond motifs is 1. The number of esters is 1. The monoisotopic (exact) mass is 480 g/mol. The van der Waals surface area contributed by atoms with Gasteiger partial charge in [-0.05, 0) is 37.5 Å². The number of hydrogen-bond donors (Lipinski definition) is 2. The summed E-state index contributed by atoms with van der Waals surface area (Å²) in [6.07, 6.45) is 5.81. The Balaban J connectivity index is 2.30. The first-order valence-electron chi connectivity index (χ1n) is 10.8. The third-order valence-electron chi connectivity index (χ3n) is 5.38. The molecule has 0 saturated carbocycles. The van der Waals surface area contributed by atoms with Gasteiger partial charge in [-0.15, -0.1) is 0 Å². The molecule has 1 aromatic carbocycles. The van der Waals surface area contributed by atoms with Crippen LogP contribution in [0.4, 0.5) is 0 Å². The topological polar surface area (TPSA) is 112 Å². The highest BCUT2D eigenvalue weighted by Crippen LogP contribution is 2.31. The van der Waals surface area contributed by atoms with Gasteiger partial charge in [0.2, 0.25) is 0 Å². The quantitative estimate of drug-likeness (QED) is 0.196. The van der Waals surface area contributed by atoms with Crippen molar-refractivity contribution in [1.29, 1.82) is 0 Å². The highest BCUT2D eigenvalue weighted by molar-refractivity contribution is 7.94. The maximum absolute atomic E-state index is 12.9. The number of aromatic hydroxyl groups is 1. The van der Waals surface area contributed by atoms with Crippen LogP contribution in [0.1, 0.15) is 49.5 Å². The molecule has 1 unspecified atom stereocenters. The molecule has 0 amide bonds. The minimum absolute atomic E-state index is 0.0151. The molecule has 2 N–H and O–H groups in total. The molecule has 9 heteroatoms. The van der Waals surface area contributed by atoms with E-state index in [1.165, 1.54) is 19.3 Å². The summed E-state index contributed by atoms with van der Waals surface area (Å²) in [6.45, 7) is 5.58. The van der Waals surface area contributed by atoms with Gasteiger partial charge in [-0.3, -0.25) is 4.79 Å². The fourth-order valence-corrected chi connectivity index (χ4v) is 3.47. The number of cyclic esters (lactones) is 1. The largest absolute Gasteiger partial charge is 0.507 e. The zero-order chi connectivity index (χ0) is 24.4. The summed E-state index contributed by atoms with van der Waals surface area (Å²) >= 11 is 1.16. The lowest BCUT2D eigenvalue weighted by atomic mass is 9.94. The molecule has 2 rings (SSSR count). The summed E-state index contributed by atoms with van der Waals surface area (Å²) in [4.78, 5) is 29.7. The van der Waals surface area contributed by atoms with Gasteiger partial charge in [0, 0.05) is 35.7 Å². The van der Waals surface area contributed by atoms with Gasteiger partial charge < -0.3 is 19.7 Å². The normalized spacial score (nSPS) is 26.1. The zero-order valence-electron chi connectivity index (χ0n) is 19.4. The van der Waals surface area contributed by atoms with Crippen molar-refractivity contribution in [2.75, 3.05) is 19.5 Å². The van der Waals surface area contributed by atoms with E-state index in [0.717, 1.165) is 12.0 Å². The molecule has 1 aliphatic heterocycles. The third kappa shape index (κ3) is 8.19.